The number of aryl methyl sites for hydroxylation is 1. The van der Waals surface area contributed by atoms with Gasteiger partial charge in [0.2, 0.25) is 5.95 Å². The van der Waals surface area contributed by atoms with E-state index >= 15 is 0 Å². The van der Waals surface area contributed by atoms with E-state index in [1.54, 1.807) is 4.68 Å². The van der Waals surface area contributed by atoms with Gasteiger partial charge in [-0.15, -0.1) is 5.10 Å². The molecule has 4 aromatic rings. The molecule has 1 saturated heterocycles. The Morgan fingerprint density at radius 1 is 1.11 bits per heavy atom. The zero-order valence-corrected chi connectivity index (χ0v) is 20.9. The average molecular weight is 499 g/mol. The molecule has 5 rings (SSSR count). The molecule has 1 aromatic carbocycles. The van der Waals surface area contributed by atoms with Crippen LogP contribution in [0.3, 0.4) is 0 Å². The van der Waals surface area contributed by atoms with Gasteiger partial charge in [-0.05, 0) is 57.5 Å². The smallest absolute Gasteiger partial charge is 0.307 e. The number of aliphatic carboxylic acids is 1. The molecule has 37 heavy (non-hydrogen) atoms. The van der Waals surface area contributed by atoms with E-state index in [2.05, 4.69) is 32.1 Å². The van der Waals surface area contributed by atoms with E-state index in [0.29, 0.717) is 24.5 Å². The van der Waals surface area contributed by atoms with Gasteiger partial charge < -0.3 is 10.8 Å². The Morgan fingerprint density at radius 2 is 1.92 bits per heavy atom. The van der Waals surface area contributed by atoms with E-state index in [1.807, 2.05) is 61.7 Å². The predicted molar refractivity (Wildman–Crippen MR) is 139 cm³/mol. The largest absolute Gasteiger partial charge is 0.481 e. The molecule has 10 nitrogen and oxygen atoms in total. The number of piperidine rings is 1. The first kappa shape index (κ1) is 24.5. The Hall–Kier alpha value is -4.18. The van der Waals surface area contributed by atoms with Gasteiger partial charge in [-0.3, -0.25) is 14.7 Å². The molecule has 1 aliphatic rings. The molecular formula is C27H30N8O2. The van der Waals surface area contributed by atoms with Crippen LogP contribution < -0.4 is 5.73 Å². The second-order valence-corrected chi connectivity index (χ2v) is 9.57. The summed E-state index contributed by atoms with van der Waals surface area (Å²) in [7, 11) is 0. The van der Waals surface area contributed by atoms with Crippen molar-refractivity contribution >= 4 is 11.9 Å². The summed E-state index contributed by atoms with van der Waals surface area (Å²) < 4.78 is 1.72. The molecule has 0 saturated carbocycles. The summed E-state index contributed by atoms with van der Waals surface area (Å²) in [5.41, 5.74) is 11.8. The first-order chi connectivity index (χ1) is 17.9. The van der Waals surface area contributed by atoms with Crippen LogP contribution in [0.1, 0.15) is 42.8 Å². The number of carbonyl (C=O) groups is 1. The van der Waals surface area contributed by atoms with E-state index in [-0.39, 0.29) is 17.9 Å². The lowest BCUT2D eigenvalue weighted by atomic mass is 9.96. The summed E-state index contributed by atoms with van der Waals surface area (Å²) in [6, 6.07) is 15.9. The molecule has 0 spiro atoms. The minimum Gasteiger partial charge on any atom is -0.481 e. The van der Waals surface area contributed by atoms with Crippen LogP contribution in [0.5, 0.6) is 0 Å². The fourth-order valence-corrected chi connectivity index (χ4v) is 4.77. The van der Waals surface area contributed by atoms with Crippen molar-refractivity contribution in [2.75, 3.05) is 18.8 Å². The molecule has 0 bridgehead atoms. The van der Waals surface area contributed by atoms with Crippen molar-refractivity contribution in [1.29, 1.82) is 0 Å². The highest BCUT2D eigenvalue weighted by molar-refractivity contribution is 5.70. The number of anilines is 1. The number of hydrogen-bond donors (Lipinski definition) is 2. The van der Waals surface area contributed by atoms with Gasteiger partial charge >= 0.3 is 5.97 Å². The molecule has 10 heteroatoms. The number of nitrogens with zero attached hydrogens (tertiary/aromatic N) is 7. The van der Waals surface area contributed by atoms with Gasteiger partial charge in [-0.1, -0.05) is 35.0 Å². The van der Waals surface area contributed by atoms with Crippen molar-refractivity contribution in [3.63, 3.8) is 0 Å². The lowest BCUT2D eigenvalue weighted by Crippen LogP contribution is -2.40. The van der Waals surface area contributed by atoms with Gasteiger partial charge in [0.05, 0.1) is 41.4 Å². The van der Waals surface area contributed by atoms with Gasteiger partial charge in [0.15, 0.2) is 0 Å². The molecule has 3 N–H and O–H groups in total. The summed E-state index contributed by atoms with van der Waals surface area (Å²) in [6.45, 7) is 5.97. The number of rotatable bonds is 7. The summed E-state index contributed by atoms with van der Waals surface area (Å²) >= 11 is 0. The minimum absolute atomic E-state index is 0.0254. The molecular weight excluding hydrogens is 468 g/mol. The molecule has 1 fully saturated rings. The second-order valence-electron chi connectivity index (χ2n) is 9.57. The average Bonchev–Trinajstić information content (AvgIpc) is 3.36. The van der Waals surface area contributed by atoms with Gasteiger partial charge in [0.1, 0.15) is 5.69 Å². The third kappa shape index (κ3) is 5.64. The highest BCUT2D eigenvalue weighted by Gasteiger charge is 2.29. The molecule has 0 radical (unpaired) electrons. The van der Waals surface area contributed by atoms with Crippen LogP contribution in [-0.2, 0) is 11.3 Å². The maximum Gasteiger partial charge on any atom is 0.307 e. The van der Waals surface area contributed by atoms with Crippen molar-refractivity contribution < 1.29 is 9.90 Å². The van der Waals surface area contributed by atoms with Crippen molar-refractivity contribution in [3.8, 4) is 22.6 Å². The van der Waals surface area contributed by atoms with Crippen LogP contribution in [0.2, 0.25) is 0 Å². The van der Waals surface area contributed by atoms with Crippen molar-refractivity contribution in [2.24, 2.45) is 5.92 Å². The van der Waals surface area contributed by atoms with Gasteiger partial charge in [0, 0.05) is 18.2 Å². The quantitative estimate of drug-likeness (QED) is 0.392. The molecule has 3 aromatic heterocycles. The number of carboxylic acid groups (broad SMARTS) is 1. The van der Waals surface area contributed by atoms with Crippen molar-refractivity contribution in [1.82, 2.24) is 34.8 Å². The standard InChI is InChI=1S/C27H30N8O2/c1-17-6-3-7-19(12-17)23-13-24(31-27(28)30-23)25-16-35(33-32-25)15-21-9-4-10-22(29-21)18(2)34-11-5-8-20(14-34)26(36)37/h3-4,6-7,9-10,12-13,16,18,20H,5,8,11,14-15H2,1-2H3,(H,36,37)(H2,28,30,31)/t18-,20-/m0/s1. The Balaban J connectivity index is 1.32. The van der Waals surface area contributed by atoms with Crippen LogP contribution in [0.15, 0.2) is 54.7 Å². The maximum atomic E-state index is 11.5. The Morgan fingerprint density at radius 3 is 2.73 bits per heavy atom. The summed E-state index contributed by atoms with van der Waals surface area (Å²) in [4.78, 5) is 27.3. The van der Waals surface area contributed by atoms with Gasteiger partial charge in [-0.25, -0.2) is 14.6 Å². The Labute approximate surface area is 215 Å². The van der Waals surface area contributed by atoms with Gasteiger partial charge in [-0.2, -0.15) is 0 Å². The lowest BCUT2D eigenvalue weighted by molar-refractivity contribution is -0.143. The van der Waals surface area contributed by atoms with E-state index < -0.39 is 5.97 Å². The van der Waals surface area contributed by atoms with Crippen LogP contribution in [-0.4, -0.2) is 59.0 Å². The molecule has 4 heterocycles. The van der Waals surface area contributed by atoms with Crippen LogP contribution >= 0.6 is 0 Å². The molecule has 190 valence electrons. The number of carboxylic acids is 1. The predicted octanol–water partition coefficient (Wildman–Crippen LogP) is 3.59. The highest BCUT2D eigenvalue weighted by atomic mass is 16.4. The van der Waals surface area contributed by atoms with Crippen molar-refractivity contribution in [2.45, 2.75) is 39.3 Å². The summed E-state index contributed by atoms with van der Waals surface area (Å²) in [5.74, 6) is -0.873. The number of likely N-dealkylation sites (tertiary alicyclic amines) is 1. The molecule has 1 aliphatic heterocycles. The zero-order valence-electron chi connectivity index (χ0n) is 20.9. The van der Waals surface area contributed by atoms with E-state index in [1.165, 1.54) is 0 Å². The van der Waals surface area contributed by atoms with Crippen LogP contribution in [0, 0.1) is 12.8 Å². The number of hydrogen-bond acceptors (Lipinski definition) is 8. The highest BCUT2D eigenvalue weighted by Crippen LogP contribution is 2.27. The van der Waals surface area contributed by atoms with Crippen LogP contribution in [0.4, 0.5) is 5.95 Å². The fraction of sp³-hybridized carbons (Fsp3) is 0.333. The first-order valence-corrected chi connectivity index (χ1v) is 12.4. The third-order valence-electron chi connectivity index (χ3n) is 6.79. The van der Waals surface area contributed by atoms with Gasteiger partial charge in [0.25, 0.3) is 0 Å². The summed E-state index contributed by atoms with van der Waals surface area (Å²) in [5, 5.41) is 18.0. The third-order valence-corrected chi connectivity index (χ3v) is 6.79. The number of benzene rings is 1. The number of pyridine rings is 1. The SMILES string of the molecule is Cc1cccc(-c2cc(-c3cn(Cc4cccc([C@H](C)N5CCC[C@H](C(=O)O)C5)n4)nn3)nc(N)n2)c1. The minimum atomic E-state index is -0.725. The zero-order chi connectivity index (χ0) is 25.9. The number of nitrogen functional groups attached to an aromatic ring is 1. The monoisotopic (exact) mass is 498 g/mol. The second kappa shape index (κ2) is 10.4. The first-order valence-electron chi connectivity index (χ1n) is 12.4. The molecule has 0 aliphatic carbocycles. The van der Waals surface area contributed by atoms with E-state index in [4.69, 9.17) is 10.7 Å². The van der Waals surface area contributed by atoms with Crippen LogP contribution in [0.25, 0.3) is 22.6 Å². The Kier molecular flexibility index (Phi) is 6.91. The van der Waals surface area contributed by atoms with E-state index in [0.717, 1.165) is 47.6 Å². The molecule has 2 atom stereocenters. The summed E-state index contributed by atoms with van der Waals surface area (Å²) in [6.07, 6.45) is 3.43. The van der Waals surface area contributed by atoms with E-state index in [9.17, 15) is 9.90 Å². The fourth-order valence-electron chi connectivity index (χ4n) is 4.77. The molecule has 0 unspecified atom stereocenters. The normalized spacial score (nSPS) is 17.0. The number of aromatic nitrogens is 6. The van der Waals surface area contributed by atoms with Crippen molar-refractivity contribution in [3.05, 3.63) is 71.7 Å². The topological polar surface area (TPSA) is 136 Å². The number of nitrogens with two attached hydrogens (primary N) is 1. The molecule has 0 amide bonds. The Bertz CT molecular complexity index is 1420. The maximum absolute atomic E-state index is 11.5. The lowest BCUT2D eigenvalue weighted by Gasteiger charge is -2.35.